The quantitative estimate of drug-likeness (QED) is 0.377. The zero-order chi connectivity index (χ0) is 18.3. The summed E-state index contributed by atoms with van der Waals surface area (Å²) in [5.41, 5.74) is 5.53. The van der Waals surface area contributed by atoms with Gasteiger partial charge in [0.05, 0.1) is 28.2 Å². The number of benzene rings is 2. The minimum absolute atomic E-state index is 0. The Morgan fingerprint density at radius 1 is 0.926 bits per heavy atom. The Morgan fingerprint density at radius 2 is 1.59 bits per heavy atom. The molecule has 6 heteroatoms. The average Bonchev–Trinajstić information content (AvgIpc) is 3.09. The van der Waals surface area contributed by atoms with Crippen LogP contribution in [-0.2, 0) is 14.1 Å². The van der Waals surface area contributed by atoms with E-state index < -0.39 is 0 Å². The number of aromatic nitrogens is 2. The standard InChI is InChI=1S/C21H21N4S.ClH/c1-14-15(2)26-21(24(14)3)23-22-19-17-12-8-9-13-18(17)25(4)20(19)16-10-6-5-7-11-16;/h5-13H,1-4H3;1H/q+1;/p-1. The van der Waals surface area contributed by atoms with E-state index in [1.165, 1.54) is 10.6 Å². The molecule has 2 aromatic heterocycles. The van der Waals surface area contributed by atoms with Gasteiger partial charge in [-0.2, -0.15) is 0 Å². The van der Waals surface area contributed by atoms with E-state index >= 15 is 0 Å². The fourth-order valence-corrected chi connectivity index (χ4v) is 4.15. The van der Waals surface area contributed by atoms with Crippen molar-refractivity contribution in [2.24, 2.45) is 24.3 Å². The summed E-state index contributed by atoms with van der Waals surface area (Å²) in [6.45, 7) is 4.23. The predicted octanol–water partition coefficient (Wildman–Crippen LogP) is 2.77. The van der Waals surface area contributed by atoms with Crippen LogP contribution in [0.5, 0.6) is 0 Å². The summed E-state index contributed by atoms with van der Waals surface area (Å²) in [4.78, 5) is 1.27. The first-order valence-electron chi connectivity index (χ1n) is 8.58. The van der Waals surface area contributed by atoms with Gasteiger partial charge in [0.15, 0.2) is 0 Å². The summed E-state index contributed by atoms with van der Waals surface area (Å²) in [5, 5.41) is 11.3. The second-order valence-electron chi connectivity index (χ2n) is 6.42. The van der Waals surface area contributed by atoms with Gasteiger partial charge in [0.1, 0.15) is 11.4 Å². The molecule has 4 aromatic rings. The molecule has 0 bridgehead atoms. The van der Waals surface area contributed by atoms with Crippen LogP contribution in [0.4, 0.5) is 10.8 Å². The van der Waals surface area contributed by atoms with Crippen molar-refractivity contribution in [1.29, 1.82) is 0 Å². The molecule has 138 valence electrons. The summed E-state index contributed by atoms with van der Waals surface area (Å²) in [6, 6.07) is 18.7. The van der Waals surface area contributed by atoms with Gasteiger partial charge in [-0.1, -0.05) is 48.5 Å². The summed E-state index contributed by atoms with van der Waals surface area (Å²) < 4.78 is 4.29. The summed E-state index contributed by atoms with van der Waals surface area (Å²) >= 11 is 1.67. The van der Waals surface area contributed by atoms with Crippen LogP contribution in [0.15, 0.2) is 64.8 Å². The largest absolute Gasteiger partial charge is 1.00 e. The van der Waals surface area contributed by atoms with Gasteiger partial charge >= 0.3 is 5.13 Å². The van der Waals surface area contributed by atoms with Crippen molar-refractivity contribution in [3.63, 3.8) is 0 Å². The molecular weight excluding hydrogens is 376 g/mol. The highest BCUT2D eigenvalue weighted by Crippen LogP contribution is 2.40. The van der Waals surface area contributed by atoms with E-state index in [1.807, 2.05) is 13.1 Å². The van der Waals surface area contributed by atoms with Gasteiger partial charge in [-0.3, -0.25) is 0 Å². The summed E-state index contributed by atoms with van der Waals surface area (Å²) in [7, 11) is 4.12. The number of hydrogen-bond acceptors (Lipinski definition) is 3. The molecule has 0 atom stereocenters. The minimum Gasteiger partial charge on any atom is -1.00 e. The number of thiazole rings is 1. The minimum atomic E-state index is 0. The van der Waals surface area contributed by atoms with Gasteiger partial charge in [0.2, 0.25) is 0 Å². The van der Waals surface area contributed by atoms with Crippen LogP contribution in [0.3, 0.4) is 0 Å². The lowest BCUT2D eigenvalue weighted by Gasteiger charge is -2.04. The number of aryl methyl sites for hydroxylation is 2. The SMILES string of the molecule is Cc1sc(/N=N/c2c(-c3ccccc3)n(C)c3ccccc23)[n+](C)c1C.[Cl-]. The van der Waals surface area contributed by atoms with Gasteiger partial charge in [-0.05, 0) is 36.4 Å². The zero-order valence-corrected chi connectivity index (χ0v) is 17.3. The normalized spacial score (nSPS) is 11.3. The first kappa shape index (κ1) is 19.3. The first-order chi connectivity index (χ1) is 12.6. The molecule has 0 fully saturated rings. The Labute approximate surface area is 169 Å². The molecule has 0 saturated heterocycles. The molecular formula is C21H21ClN4S. The zero-order valence-electron chi connectivity index (χ0n) is 15.8. The van der Waals surface area contributed by atoms with Gasteiger partial charge in [-0.15, -0.1) is 0 Å². The van der Waals surface area contributed by atoms with Crippen molar-refractivity contribution < 1.29 is 17.0 Å². The Hall–Kier alpha value is -2.50. The monoisotopic (exact) mass is 396 g/mol. The highest BCUT2D eigenvalue weighted by molar-refractivity contribution is 7.14. The van der Waals surface area contributed by atoms with Crippen LogP contribution >= 0.6 is 11.3 Å². The van der Waals surface area contributed by atoms with Crippen molar-refractivity contribution in [2.75, 3.05) is 0 Å². The molecule has 0 radical (unpaired) electrons. The molecule has 27 heavy (non-hydrogen) atoms. The Bertz CT molecular complexity index is 1130. The van der Waals surface area contributed by atoms with Crippen LogP contribution in [0.1, 0.15) is 10.6 Å². The molecule has 0 spiro atoms. The van der Waals surface area contributed by atoms with Crippen molar-refractivity contribution in [2.45, 2.75) is 13.8 Å². The smallest absolute Gasteiger partial charge is 0.408 e. The van der Waals surface area contributed by atoms with E-state index in [2.05, 4.69) is 83.7 Å². The molecule has 4 rings (SSSR count). The third kappa shape index (κ3) is 3.29. The number of rotatable bonds is 3. The Kier molecular flexibility index (Phi) is 5.44. The average molecular weight is 397 g/mol. The number of para-hydroxylation sites is 1. The lowest BCUT2D eigenvalue weighted by atomic mass is 10.1. The van der Waals surface area contributed by atoms with E-state index in [0.29, 0.717) is 0 Å². The fourth-order valence-electron chi connectivity index (χ4n) is 3.24. The molecule has 0 saturated carbocycles. The Morgan fingerprint density at radius 3 is 2.26 bits per heavy atom. The maximum atomic E-state index is 4.71. The van der Waals surface area contributed by atoms with Crippen LogP contribution in [0.2, 0.25) is 0 Å². The maximum absolute atomic E-state index is 4.71. The van der Waals surface area contributed by atoms with Gasteiger partial charge in [0.25, 0.3) is 0 Å². The number of hydrogen-bond donors (Lipinski definition) is 0. The van der Waals surface area contributed by atoms with E-state index in [-0.39, 0.29) is 12.4 Å². The number of nitrogens with zero attached hydrogens (tertiary/aromatic N) is 4. The predicted molar refractivity (Wildman–Crippen MR) is 108 cm³/mol. The van der Waals surface area contributed by atoms with Gasteiger partial charge in [-0.25, -0.2) is 4.57 Å². The van der Waals surface area contributed by atoms with Crippen molar-refractivity contribution >= 4 is 33.1 Å². The van der Waals surface area contributed by atoms with Crippen molar-refractivity contribution in [3.8, 4) is 11.3 Å². The lowest BCUT2D eigenvalue weighted by Crippen LogP contribution is -3.00. The molecule has 4 nitrogen and oxygen atoms in total. The molecule has 0 aliphatic rings. The second-order valence-corrected chi connectivity index (χ2v) is 7.61. The highest BCUT2D eigenvalue weighted by Gasteiger charge is 2.20. The molecule has 0 aliphatic heterocycles. The summed E-state index contributed by atoms with van der Waals surface area (Å²) in [5.74, 6) is 0. The molecule has 0 amide bonds. The third-order valence-corrected chi connectivity index (χ3v) is 6.05. The van der Waals surface area contributed by atoms with Gasteiger partial charge in [0, 0.05) is 18.0 Å². The second kappa shape index (κ2) is 7.62. The highest BCUT2D eigenvalue weighted by atomic mass is 35.5. The van der Waals surface area contributed by atoms with Crippen LogP contribution in [0, 0.1) is 13.8 Å². The number of halogens is 1. The third-order valence-electron chi connectivity index (χ3n) is 4.91. The fraction of sp³-hybridized carbons (Fsp3) is 0.190. The molecule has 0 aliphatic carbocycles. The number of fused-ring (bicyclic) bond motifs is 1. The van der Waals surface area contributed by atoms with Gasteiger partial charge < -0.3 is 17.0 Å². The first-order valence-corrected chi connectivity index (χ1v) is 9.40. The number of azo groups is 1. The molecule has 0 N–H and O–H groups in total. The van der Waals surface area contributed by atoms with E-state index in [9.17, 15) is 0 Å². The van der Waals surface area contributed by atoms with E-state index in [4.69, 9.17) is 5.11 Å². The topological polar surface area (TPSA) is 33.5 Å². The maximum Gasteiger partial charge on any atom is 0.408 e. The van der Waals surface area contributed by atoms with Crippen molar-refractivity contribution in [1.82, 2.24) is 4.57 Å². The van der Waals surface area contributed by atoms with Crippen LogP contribution < -0.4 is 17.0 Å². The van der Waals surface area contributed by atoms with E-state index in [0.717, 1.165) is 33.0 Å². The lowest BCUT2D eigenvalue weighted by molar-refractivity contribution is -0.660. The molecule has 2 aromatic carbocycles. The molecule has 0 unspecified atom stereocenters. The molecule has 2 heterocycles. The Balaban J connectivity index is 0.00000210. The summed E-state index contributed by atoms with van der Waals surface area (Å²) in [6.07, 6.45) is 0. The van der Waals surface area contributed by atoms with Crippen LogP contribution in [0.25, 0.3) is 22.2 Å². The van der Waals surface area contributed by atoms with Crippen molar-refractivity contribution in [3.05, 3.63) is 65.2 Å². The van der Waals surface area contributed by atoms with Crippen LogP contribution in [-0.4, -0.2) is 4.57 Å². The van der Waals surface area contributed by atoms with E-state index in [1.54, 1.807) is 11.3 Å².